The fourth-order valence-electron chi connectivity index (χ4n) is 4.38. The van der Waals surface area contributed by atoms with E-state index in [2.05, 4.69) is 53.4 Å². The average Bonchev–Trinajstić information content (AvgIpc) is 3.22. The van der Waals surface area contributed by atoms with Gasteiger partial charge in [0.05, 0.1) is 18.4 Å². The van der Waals surface area contributed by atoms with Crippen LogP contribution in [-0.4, -0.2) is 60.6 Å². The first-order chi connectivity index (χ1) is 14.0. The largest absolute Gasteiger partial charge is 0.468 e. The SMILES string of the molecule is Cc1ccc(CNC(=O)C2CN(C)CC3(CCN(Cc4ccco4)CC3)O2)cc1. The minimum absolute atomic E-state index is 0.0190. The maximum atomic E-state index is 12.8. The number of carbonyl (C=O) groups is 1. The molecular formula is C23H31N3O3. The second-order valence-electron chi connectivity index (χ2n) is 8.55. The van der Waals surface area contributed by atoms with Crippen LogP contribution < -0.4 is 5.32 Å². The number of nitrogens with zero attached hydrogens (tertiary/aromatic N) is 2. The molecule has 29 heavy (non-hydrogen) atoms. The number of hydrogen-bond donors (Lipinski definition) is 1. The van der Waals surface area contributed by atoms with Gasteiger partial charge in [0.1, 0.15) is 11.9 Å². The van der Waals surface area contributed by atoms with Gasteiger partial charge >= 0.3 is 0 Å². The van der Waals surface area contributed by atoms with Crippen LogP contribution >= 0.6 is 0 Å². The van der Waals surface area contributed by atoms with E-state index in [1.54, 1.807) is 6.26 Å². The first kappa shape index (κ1) is 20.1. The van der Waals surface area contributed by atoms with E-state index in [0.717, 1.165) is 50.3 Å². The number of rotatable bonds is 5. The maximum Gasteiger partial charge on any atom is 0.250 e. The van der Waals surface area contributed by atoms with E-state index in [-0.39, 0.29) is 11.5 Å². The van der Waals surface area contributed by atoms with Crippen molar-refractivity contribution < 1.29 is 13.9 Å². The van der Waals surface area contributed by atoms with E-state index in [9.17, 15) is 4.79 Å². The monoisotopic (exact) mass is 397 g/mol. The minimum Gasteiger partial charge on any atom is -0.468 e. The van der Waals surface area contributed by atoms with Crippen LogP contribution in [0.3, 0.4) is 0 Å². The third-order valence-electron chi connectivity index (χ3n) is 6.03. The Morgan fingerprint density at radius 1 is 1.21 bits per heavy atom. The van der Waals surface area contributed by atoms with Crippen LogP contribution in [-0.2, 0) is 22.6 Å². The summed E-state index contributed by atoms with van der Waals surface area (Å²) in [5.74, 6) is 0.977. The third kappa shape index (κ3) is 5.07. The van der Waals surface area contributed by atoms with E-state index in [1.165, 1.54) is 5.56 Å². The number of furan rings is 1. The van der Waals surface area contributed by atoms with Crippen LogP contribution in [0.15, 0.2) is 47.1 Å². The van der Waals surface area contributed by atoms with Crippen LogP contribution in [0.2, 0.25) is 0 Å². The number of carbonyl (C=O) groups excluding carboxylic acids is 1. The fraction of sp³-hybridized carbons (Fsp3) is 0.522. The van der Waals surface area contributed by atoms with Gasteiger partial charge in [-0.25, -0.2) is 0 Å². The molecule has 2 fully saturated rings. The summed E-state index contributed by atoms with van der Waals surface area (Å²) in [5.41, 5.74) is 2.09. The molecule has 0 aliphatic carbocycles. The van der Waals surface area contributed by atoms with E-state index in [4.69, 9.17) is 9.15 Å². The van der Waals surface area contributed by atoms with Gasteiger partial charge in [0, 0.05) is 32.7 Å². The van der Waals surface area contributed by atoms with Gasteiger partial charge in [-0.15, -0.1) is 0 Å². The maximum absolute atomic E-state index is 12.8. The zero-order valence-electron chi connectivity index (χ0n) is 17.4. The van der Waals surface area contributed by atoms with Crippen molar-refractivity contribution in [3.05, 3.63) is 59.5 Å². The number of morpholine rings is 1. The number of nitrogens with one attached hydrogen (secondary N) is 1. The standard InChI is InChI=1S/C23H31N3O3/c1-18-5-7-19(8-6-18)14-24-22(27)21-16-25(2)17-23(29-21)9-11-26(12-10-23)15-20-4-3-13-28-20/h3-8,13,21H,9-12,14-17H2,1-2H3,(H,24,27). The van der Waals surface area contributed by atoms with Gasteiger partial charge in [-0.1, -0.05) is 29.8 Å². The Labute approximate surface area is 172 Å². The van der Waals surface area contributed by atoms with Crippen molar-refractivity contribution in [2.75, 3.05) is 33.2 Å². The summed E-state index contributed by atoms with van der Waals surface area (Å²) < 4.78 is 11.9. The van der Waals surface area contributed by atoms with Gasteiger partial charge in [-0.3, -0.25) is 9.69 Å². The van der Waals surface area contributed by atoms with E-state index >= 15 is 0 Å². The second-order valence-corrected chi connectivity index (χ2v) is 8.55. The molecule has 1 N–H and O–H groups in total. The Balaban J connectivity index is 1.31. The topological polar surface area (TPSA) is 58.0 Å². The molecule has 1 aromatic carbocycles. The molecule has 2 aliphatic heterocycles. The number of likely N-dealkylation sites (N-methyl/N-ethyl adjacent to an activating group) is 1. The van der Waals surface area contributed by atoms with Crippen molar-refractivity contribution in [2.24, 2.45) is 0 Å². The van der Waals surface area contributed by atoms with Gasteiger partial charge < -0.3 is 19.4 Å². The molecule has 0 bridgehead atoms. The van der Waals surface area contributed by atoms with Gasteiger partial charge in [0.2, 0.25) is 0 Å². The Bertz CT molecular complexity index is 795. The highest BCUT2D eigenvalue weighted by molar-refractivity contribution is 5.81. The average molecular weight is 398 g/mol. The lowest BCUT2D eigenvalue weighted by molar-refractivity contribution is -0.182. The molecule has 1 amide bonds. The number of amides is 1. The second kappa shape index (κ2) is 8.69. The summed E-state index contributed by atoms with van der Waals surface area (Å²) >= 11 is 0. The molecule has 4 rings (SSSR count). The first-order valence-electron chi connectivity index (χ1n) is 10.5. The highest BCUT2D eigenvalue weighted by Crippen LogP contribution is 2.32. The zero-order chi connectivity index (χ0) is 20.3. The van der Waals surface area contributed by atoms with Crippen molar-refractivity contribution in [2.45, 2.75) is 44.6 Å². The van der Waals surface area contributed by atoms with Crippen LogP contribution in [0.1, 0.15) is 29.7 Å². The number of hydrogen-bond acceptors (Lipinski definition) is 5. The summed E-state index contributed by atoms with van der Waals surface area (Å²) in [4.78, 5) is 17.4. The first-order valence-corrected chi connectivity index (χ1v) is 10.5. The van der Waals surface area contributed by atoms with Gasteiger partial charge in [-0.2, -0.15) is 0 Å². The number of aryl methyl sites for hydroxylation is 1. The molecule has 2 saturated heterocycles. The number of ether oxygens (including phenoxy) is 1. The molecule has 3 heterocycles. The molecule has 1 unspecified atom stereocenters. The van der Waals surface area contributed by atoms with Crippen molar-refractivity contribution >= 4 is 5.91 Å². The summed E-state index contributed by atoms with van der Waals surface area (Å²) in [7, 11) is 2.08. The molecule has 1 atom stereocenters. The van der Waals surface area contributed by atoms with Gasteiger partial charge in [-0.05, 0) is 44.5 Å². The predicted octanol–water partition coefficient (Wildman–Crippen LogP) is 2.57. The molecule has 1 spiro atoms. The summed E-state index contributed by atoms with van der Waals surface area (Å²) in [6.07, 6.45) is 3.16. The summed E-state index contributed by atoms with van der Waals surface area (Å²) in [6.45, 7) is 6.85. The summed E-state index contributed by atoms with van der Waals surface area (Å²) in [6, 6.07) is 12.2. The van der Waals surface area contributed by atoms with Crippen LogP contribution in [0, 0.1) is 6.92 Å². The Morgan fingerprint density at radius 3 is 2.66 bits per heavy atom. The normalized spacial score (nSPS) is 22.6. The highest BCUT2D eigenvalue weighted by Gasteiger charge is 2.44. The highest BCUT2D eigenvalue weighted by atomic mass is 16.5. The molecule has 0 saturated carbocycles. The molecule has 0 radical (unpaired) electrons. The predicted molar refractivity (Wildman–Crippen MR) is 111 cm³/mol. The molecule has 2 aromatic rings. The molecule has 6 nitrogen and oxygen atoms in total. The van der Waals surface area contributed by atoms with Crippen LogP contribution in [0.5, 0.6) is 0 Å². The third-order valence-corrected chi connectivity index (χ3v) is 6.03. The lowest BCUT2D eigenvalue weighted by Gasteiger charge is -2.48. The van der Waals surface area contributed by atoms with E-state index < -0.39 is 6.10 Å². The van der Waals surface area contributed by atoms with Crippen LogP contribution in [0.4, 0.5) is 0 Å². The quantitative estimate of drug-likeness (QED) is 0.840. The van der Waals surface area contributed by atoms with Gasteiger partial charge in [0.25, 0.3) is 5.91 Å². The lowest BCUT2D eigenvalue weighted by atomic mass is 9.88. The molecular weight excluding hydrogens is 366 g/mol. The number of likely N-dealkylation sites (tertiary alicyclic amines) is 1. The van der Waals surface area contributed by atoms with Crippen LogP contribution in [0.25, 0.3) is 0 Å². The van der Waals surface area contributed by atoms with Crippen molar-refractivity contribution in [3.8, 4) is 0 Å². The Hall–Kier alpha value is -2.15. The number of piperidine rings is 1. The molecule has 1 aromatic heterocycles. The van der Waals surface area contributed by atoms with Gasteiger partial charge in [0.15, 0.2) is 0 Å². The smallest absolute Gasteiger partial charge is 0.250 e. The Kier molecular flexibility index (Phi) is 6.04. The summed E-state index contributed by atoms with van der Waals surface area (Å²) in [5, 5.41) is 3.06. The number of benzene rings is 1. The van der Waals surface area contributed by atoms with Crippen molar-refractivity contribution in [1.82, 2.24) is 15.1 Å². The van der Waals surface area contributed by atoms with Crippen molar-refractivity contribution in [1.29, 1.82) is 0 Å². The fourth-order valence-corrected chi connectivity index (χ4v) is 4.38. The van der Waals surface area contributed by atoms with Crippen molar-refractivity contribution in [3.63, 3.8) is 0 Å². The molecule has 6 heteroatoms. The minimum atomic E-state index is -0.421. The molecule has 2 aliphatic rings. The van der Waals surface area contributed by atoms with E-state index in [0.29, 0.717) is 13.1 Å². The van der Waals surface area contributed by atoms with E-state index in [1.807, 2.05) is 12.1 Å². The Morgan fingerprint density at radius 2 is 1.97 bits per heavy atom. The molecule has 156 valence electrons. The lowest BCUT2D eigenvalue weighted by Crippen LogP contribution is -2.61. The zero-order valence-corrected chi connectivity index (χ0v) is 17.4.